The first-order valence-corrected chi connectivity index (χ1v) is 7.95. The molecule has 0 aliphatic rings. The van der Waals surface area contributed by atoms with Gasteiger partial charge in [0, 0.05) is 23.5 Å². The molecule has 0 bridgehead atoms. The van der Waals surface area contributed by atoms with E-state index in [-0.39, 0.29) is 23.9 Å². The summed E-state index contributed by atoms with van der Waals surface area (Å²) in [5.74, 6) is -1.56. The van der Waals surface area contributed by atoms with Gasteiger partial charge in [-0.15, -0.1) is 0 Å². The van der Waals surface area contributed by atoms with E-state index in [1.165, 1.54) is 18.2 Å². The van der Waals surface area contributed by atoms with Gasteiger partial charge in [-0.1, -0.05) is 35.8 Å². The second kappa shape index (κ2) is 8.35. The van der Waals surface area contributed by atoms with Crippen molar-refractivity contribution in [1.82, 2.24) is 4.90 Å². The van der Waals surface area contributed by atoms with E-state index < -0.39 is 11.6 Å². The van der Waals surface area contributed by atoms with Gasteiger partial charge in [0.2, 0.25) is 5.91 Å². The topological polar surface area (TPSA) is 20.3 Å². The summed E-state index contributed by atoms with van der Waals surface area (Å²) >= 11 is 3.32. The fourth-order valence-electron chi connectivity index (χ4n) is 2.29. The predicted molar refractivity (Wildman–Crippen MR) is 79.9 cm³/mol. The van der Waals surface area contributed by atoms with Gasteiger partial charge >= 0.3 is 0 Å². The van der Waals surface area contributed by atoms with Gasteiger partial charge in [-0.3, -0.25) is 4.79 Å². The Morgan fingerprint density at radius 2 is 1.80 bits per heavy atom. The first-order valence-electron chi connectivity index (χ1n) is 6.83. The van der Waals surface area contributed by atoms with E-state index in [1.807, 2.05) is 13.8 Å². The number of benzene rings is 1. The Labute approximate surface area is 127 Å². The molecule has 0 fully saturated rings. The number of rotatable bonds is 7. The van der Waals surface area contributed by atoms with Crippen LogP contribution < -0.4 is 0 Å². The van der Waals surface area contributed by atoms with Gasteiger partial charge in [-0.05, 0) is 25.0 Å². The van der Waals surface area contributed by atoms with E-state index in [9.17, 15) is 13.6 Å². The van der Waals surface area contributed by atoms with Gasteiger partial charge in [-0.2, -0.15) is 0 Å². The summed E-state index contributed by atoms with van der Waals surface area (Å²) in [6.45, 7) is 4.56. The summed E-state index contributed by atoms with van der Waals surface area (Å²) in [4.78, 5) is 14.0. The van der Waals surface area contributed by atoms with Crippen molar-refractivity contribution < 1.29 is 13.6 Å². The molecule has 112 valence electrons. The van der Waals surface area contributed by atoms with Gasteiger partial charge < -0.3 is 4.90 Å². The molecule has 0 aromatic heterocycles. The maximum Gasteiger partial charge on any atom is 0.227 e. The van der Waals surface area contributed by atoms with Gasteiger partial charge in [0.05, 0.1) is 6.42 Å². The molecule has 0 aliphatic carbocycles. The average Bonchev–Trinajstić information content (AvgIpc) is 2.43. The average molecular weight is 348 g/mol. The number of carbonyl (C=O) groups is 1. The van der Waals surface area contributed by atoms with Crippen LogP contribution in [0, 0.1) is 11.6 Å². The monoisotopic (exact) mass is 347 g/mol. The quantitative estimate of drug-likeness (QED) is 0.684. The molecule has 1 aromatic rings. The molecule has 1 rings (SSSR count). The summed E-state index contributed by atoms with van der Waals surface area (Å²) < 4.78 is 27.2. The van der Waals surface area contributed by atoms with Crippen LogP contribution in [0.5, 0.6) is 0 Å². The highest BCUT2D eigenvalue weighted by Gasteiger charge is 2.22. The number of nitrogens with zero attached hydrogens (tertiary/aromatic N) is 1. The Bertz CT molecular complexity index is 429. The molecule has 0 heterocycles. The molecule has 0 spiro atoms. The Morgan fingerprint density at radius 1 is 1.25 bits per heavy atom. The van der Waals surface area contributed by atoms with Crippen LogP contribution >= 0.6 is 15.9 Å². The largest absolute Gasteiger partial charge is 0.339 e. The van der Waals surface area contributed by atoms with Crippen molar-refractivity contribution in [3.05, 3.63) is 35.4 Å². The lowest BCUT2D eigenvalue weighted by Gasteiger charge is -2.30. The maximum atomic E-state index is 13.6. The highest BCUT2D eigenvalue weighted by molar-refractivity contribution is 9.09. The minimum absolute atomic E-state index is 0.106. The molecule has 0 N–H and O–H groups in total. The molecule has 2 nitrogen and oxygen atoms in total. The summed E-state index contributed by atoms with van der Waals surface area (Å²) in [5.41, 5.74) is -0.150. The SMILES string of the molecule is CCC(CC)N(CCBr)C(=O)Cc1c(F)cccc1F. The van der Waals surface area contributed by atoms with E-state index >= 15 is 0 Å². The lowest BCUT2D eigenvalue weighted by Crippen LogP contribution is -2.42. The van der Waals surface area contributed by atoms with Gasteiger partial charge in [-0.25, -0.2) is 8.78 Å². The molecule has 5 heteroatoms. The third-order valence-corrected chi connectivity index (χ3v) is 3.77. The zero-order valence-electron chi connectivity index (χ0n) is 11.8. The number of hydrogen-bond donors (Lipinski definition) is 0. The molecule has 0 unspecified atom stereocenters. The first kappa shape index (κ1) is 17.1. The van der Waals surface area contributed by atoms with Gasteiger partial charge in [0.15, 0.2) is 0 Å². The standard InChI is InChI=1S/C15H20BrF2NO/c1-3-11(4-2)19(9-8-16)15(20)10-12-13(17)6-5-7-14(12)18/h5-7,11H,3-4,8-10H2,1-2H3. The van der Waals surface area contributed by atoms with Crippen LogP contribution in [0.25, 0.3) is 0 Å². The highest BCUT2D eigenvalue weighted by Crippen LogP contribution is 2.16. The van der Waals surface area contributed by atoms with Gasteiger partial charge in [0.1, 0.15) is 11.6 Å². The normalized spacial score (nSPS) is 10.9. The Balaban J connectivity index is 2.91. The number of halogens is 3. The van der Waals surface area contributed by atoms with Gasteiger partial charge in [0.25, 0.3) is 0 Å². The zero-order valence-corrected chi connectivity index (χ0v) is 13.4. The zero-order chi connectivity index (χ0) is 15.1. The van der Waals surface area contributed by atoms with Crippen LogP contribution in [-0.4, -0.2) is 28.7 Å². The smallest absolute Gasteiger partial charge is 0.227 e. The van der Waals surface area contributed by atoms with Crippen LogP contribution in [0.3, 0.4) is 0 Å². The Hall–Kier alpha value is -0.970. The maximum absolute atomic E-state index is 13.6. The number of amides is 1. The third-order valence-electron chi connectivity index (χ3n) is 3.42. The Morgan fingerprint density at radius 3 is 2.25 bits per heavy atom. The van der Waals surface area contributed by atoms with E-state index in [1.54, 1.807) is 4.90 Å². The van der Waals surface area contributed by atoms with Crippen molar-refractivity contribution in [2.75, 3.05) is 11.9 Å². The van der Waals surface area contributed by atoms with Crippen molar-refractivity contribution in [2.24, 2.45) is 0 Å². The predicted octanol–water partition coefficient (Wildman–Crippen LogP) is 3.92. The van der Waals surface area contributed by atoms with Crippen LogP contribution in [0.15, 0.2) is 18.2 Å². The van der Waals surface area contributed by atoms with Crippen molar-refractivity contribution in [3.8, 4) is 0 Å². The molecule has 0 atom stereocenters. The second-order valence-corrected chi connectivity index (χ2v) is 5.42. The van der Waals surface area contributed by atoms with E-state index in [0.717, 1.165) is 12.8 Å². The molecule has 1 amide bonds. The summed E-state index contributed by atoms with van der Waals surface area (Å²) in [6.07, 6.45) is 1.42. The molecule has 1 aromatic carbocycles. The van der Waals surface area contributed by atoms with Crippen LogP contribution in [-0.2, 0) is 11.2 Å². The van der Waals surface area contributed by atoms with Crippen molar-refractivity contribution in [3.63, 3.8) is 0 Å². The highest BCUT2D eigenvalue weighted by atomic mass is 79.9. The third kappa shape index (κ3) is 4.27. The molecular formula is C15H20BrF2NO. The minimum Gasteiger partial charge on any atom is -0.339 e. The summed E-state index contributed by atoms with van der Waals surface area (Å²) in [6, 6.07) is 3.76. The number of hydrogen-bond acceptors (Lipinski definition) is 1. The fourth-order valence-corrected chi connectivity index (χ4v) is 2.67. The van der Waals surface area contributed by atoms with E-state index in [2.05, 4.69) is 15.9 Å². The van der Waals surface area contributed by atoms with Crippen LogP contribution in [0.1, 0.15) is 32.3 Å². The summed E-state index contributed by atoms with van der Waals surface area (Å²) in [5, 5.41) is 0.648. The number of carbonyl (C=O) groups excluding carboxylic acids is 1. The second-order valence-electron chi connectivity index (χ2n) is 4.62. The molecule has 20 heavy (non-hydrogen) atoms. The first-order chi connectivity index (χ1) is 9.54. The summed E-state index contributed by atoms with van der Waals surface area (Å²) in [7, 11) is 0. The Kier molecular flexibility index (Phi) is 7.13. The van der Waals surface area contributed by atoms with E-state index in [4.69, 9.17) is 0 Å². The van der Waals surface area contributed by atoms with Crippen LogP contribution in [0.2, 0.25) is 0 Å². The number of alkyl halides is 1. The van der Waals surface area contributed by atoms with Crippen molar-refractivity contribution in [2.45, 2.75) is 39.2 Å². The minimum atomic E-state index is -0.665. The lowest BCUT2D eigenvalue weighted by atomic mass is 10.1. The fraction of sp³-hybridized carbons (Fsp3) is 0.533. The van der Waals surface area contributed by atoms with Crippen molar-refractivity contribution >= 4 is 21.8 Å². The van der Waals surface area contributed by atoms with Crippen molar-refractivity contribution in [1.29, 1.82) is 0 Å². The lowest BCUT2D eigenvalue weighted by molar-refractivity contribution is -0.132. The van der Waals surface area contributed by atoms with E-state index in [0.29, 0.717) is 11.9 Å². The van der Waals surface area contributed by atoms with Crippen LogP contribution in [0.4, 0.5) is 8.78 Å². The molecular weight excluding hydrogens is 328 g/mol. The molecule has 0 radical (unpaired) electrons. The molecule has 0 saturated heterocycles. The molecule has 0 saturated carbocycles. The molecule has 0 aliphatic heterocycles.